The minimum Gasteiger partial charge on any atom is -0.298 e. The van der Waals surface area contributed by atoms with Crippen molar-refractivity contribution in [1.29, 1.82) is 0 Å². The van der Waals surface area contributed by atoms with Crippen molar-refractivity contribution in [2.24, 2.45) is 0 Å². The molecule has 3 aromatic carbocycles. The van der Waals surface area contributed by atoms with Crippen molar-refractivity contribution in [2.75, 3.05) is 13.6 Å². The number of likely N-dealkylation sites (N-methyl/N-ethyl adjacent to an activating group) is 1. The fraction of sp³-hybridized carbons (Fsp3) is 0.192. The second-order valence-corrected chi connectivity index (χ2v) is 7.54. The van der Waals surface area contributed by atoms with Crippen molar-refractivity contribution < 1.29 is 4.79 Å². The van der Waals surface area contributed by atoms with Gasteiger partial charge in [-0.2, -0.15) is 0 Å². The Balaban J connectivity index is 1.76. The molecule has 0 atom stereocenters. The molecule has 0 aromatic heterocycles. The van der Waals surface area contributed by atoms with E-state index in [9.17, 15) is 4.79 Å². The largest absolute Gasteiger partial charge is 0.298 e. The van der Waals surface area contributed by atoms with Crippen LogP contribution < -0.4 is 0 Å². The first kappa shape index (κ1) is 19.8. The molecule has 142 valence electrons. The number of hydrogen-bond donors (Lipinski definition) is 0. The smallest absolute Gasteiger partial charge is 0.193 e. The summed E-state index contributed by atoms with van der Waals surface area (Å²) in [6, 6.07) is 23.8. The third-order valence-corrected chi connectivity index (χ3v) is 4.84. The van der Waals surface area contributed by atoms with Crippen LogP contribution in [0.3, 0.4) is 0 Å². The SMILES string of the molecule is C=C(C)CN(C)Cc1ccc(-c2ccc(C(=O)c3ccccc3)cc2)cc1C. The van der Waals surface area contributed by atoms with Gasteiger partial charge in [0, 0.05) is 24.2 Å². The molecule has 2 heteroatoms. The van der Waals surface area contributed by atoms with Gasteiger partial charge in [0.05, 0.1) is 0 Å². The van der Waals surface area contributed by atoms with Crippen LogP contribution in [0.5, 0.6) is 0 Å². The van der Waals surface area contributed by atoms with Crippen LogP contribution >= 0.6 is 0 Å². The first-order valence-electron chi connectivity index (χ1n) is 9.56. The maximum atomic E-state index is 12.6. The Labute approximate surface area is 168 Å². The zero-order valence-electron chi connectivity index (χ0n) is 16.9. The number of carbonyl (C=O) groups is 1. The Kier molecular flexibility index (Phi) is 6.23. The molecule has 0 heterocycles. The third kappa shape index (κ3) is 4.85. The van der Waals surface area contributed by atoms with Crippen LogP contribution in [0.1, 0.15) is 34.0 Å². The van der Waals surface area contributed by atoms with Gasteiger partial charge in [0.15, 0.2) is 5.78 Å². The number of carbonyl (C=O) groups excluding carboxylic acids is 1. The average molecular weight is 370 g/mol. The molecule has 0 aliphatic heterocycles. The van der Waals surface area contributed by atoms with E-state index >= 15 is 0 Å². The first-order chi connectivity index (χ1) is 13.4. The van der Waals surface area contributed by atoms with E-state index < -0.39 is 0 Å². The number of rotatable bonds is 7. The zero-order chi connectivity index (χ0) is 20.1. The van der Waals surface area contributed by atoms with E-state index in [1.54, 1.807) is 0 Å². The number of ketones is 1. The summed E-state index contributed by atoms with van der Waals surface area (Å²) in [5.41, 5.74) is 7.48. The number of hydrogen-bond acceptors (Lipinski definition) is 2. The van der Waals surface area contributed by atoms with E-state index in [0.29, 0.717) is 11.1 Å². The molecule has 0 bridgehead atoms. The Morgan fingerprint density at radius 1 is 0.893 bits per heavy atom. The quantitative estimate of drug-likeness (QED) is 0.382. The number of aryl methyl sites for hydroxylation is 1. The Morgan fingerprint density at radius 2 is 1.50 bits per heavy atom. The summed E-state index contributed by atoms with van der Waals surface area (Å²) in [5.74, 6) is 0.0548. The Hall–Kier alpha value is -2.97. The van der Waals surface area contributed by atoms with Gasteiger partial charge in [0.1, 0.15) is 0 Å². The summed E-state index contributed by atoms with van der Waals surface area (Å²) in [6.45, 7) is 10.0. The van der Waals surface area contributed by atoms with Crippen molar-refractivity contribution in [1.82, 2.24) is 4.90 Å². The fourth-order valence-electron chi connectivity index (χ4n) is 3.43. The molecule has 0 saturated carbocycles. The van der Waals surface area contributed by atoms with Gasteiger partial charge in [-0.05, 0) is 43.1 Å². The highest BCUT2D eigenvalue weighted by atomic mass is 16.1. The summed E-state index contributed by atoms with van der Waals surface area (Å²) in [7, 11) is 2.12. The average Bonchev–Trinajstić information content (AvgIpc) is 2.69. The van der Waals surface area contributed by atoms with Gasteiger partial charge in [-0.25, -0.2) is 0 Å². The second-order valence-electron chi connectivity index (χ2n) is 7.54. The van der Waals surface area contributed by atoms with Gasteiger partial charge in [0.25, 0.3) is 0 Å². The van der Waals surface area contributed by atoms with Gasteiger partial charge < -0.3 is 0 Å². The highest BCUT2D eigenvalue weighted by Gasteiger charge is 2.10. The summed E-state index contributed by atoms with van der Waals surface area (Å²) >= 11 is 0. The van der Waals surface area contributed by atoms with Gasteiger partial charge in [-0.15, -0.1) is 0 Å². The van der Waals surface area contributed by atoms with E-state index in [-0.39, 0.29) is 5.78 Å². The minimum atomic E-state index is 0.0548. The molecule has 0 saturated heterocycles. The molecule has 0 N–H and O–H groups in total. The van der Waals surface area contributed by atoms with Crippen molar-refractivity contribution in [3.8, 4) is 11.1 Å². The fourth-order valence-corrected chi connectivity index (χ4v) is 3.43. The molecule has 0 amide bonds. The Bertz CT molecular complexity index is 971. The van der Waals surface area contributed by atoms with Crippen LogP contribution in [0, 0.1) is 6.92 Å². The molecular formula is C26H27NO. The highest BCUT2D eigenvalue weighted by molar-refractivity contribution is 6.09. The van der Waals surface area contributed by atoms with Crippen LogP contribution in [-0.4, -0.2) is 24.3 Å². The first-order valence-corrected chi connectivity index (χ1v) is 9.56. The maximum Gasteiger partial charge on any atom is 0.193 e. The van der Waals surface area contributed by atoms with Crippen LogP contribution in [-0.2, 0) is 6.54 Å². The third-order valence-electron chi connectivity index (χ3n) is 4.84. The standard InChI is InChI=1S/C26H27NO/c1-19(2)17-27(4)18-25-15-14-24(16-20(25)3)21-10-12-23(13-11-21)26(28)22-8-6-5-7-9-22/h5-16H,1,17-18H2,2-4H3. The minimum absolute atomic E-state index is 0.0548. The van der Waals surface area contributed by atoms with Gasteiger partial charge in [-0.3, -0.25) is 9.69 Å². The molecular weight excluding hydrogens is 342 g/mol. The van der Waals surface area contributed by atoms with E-state index in [0.717, 1.165) is 18.7 Å². The summed E-state index contributed by atoms with van der Waals surface area (Å²) in [4.78, 5) is 14.8. The summed E-state index contributed by atoms with van der Waals surface area (Å²) < 4.78 is 0. The lowest BCUT2D eigenvalue weighted by molar-refractivity contribution is 0.103. The van der Waals surface area contributed by atoms with E-state index in [4.69, 9.17) is 0 Å². The lowest BCUT2D eigenvalue weighted by atomic mass is 9.97. The summed E-state index contributed by atoms with van der Waals surface area (Å²) in [5, 5.41) is 0. The van der Waals surface area contributed by atoms with Crippen molar-refractivity contribution in [3.63, 3.8) is 0 Å². The molecule has 2 nitrogen and oxygen atoms in total. The lowest BCUT2D eigenvalue weighted by Crippen LogP contribution is -2.20. The van der Waals surface area contributed by atoms with Crippen molar-refractivity contribution in [2.45, 2.75) is 20.4 Å². The molecule has 3 rings (SSSR count). The second kappa shape index (κ2) is 8.81. The van der Waals surface area contributed by atoms with Gasteiger partial charge in [-0.1, -0.05) is 84.9 Å². The van der Waals surface area contributed by atoms with Crippen molar-refractivity contribution in [3.05, 3.63) is 107 Å². The molecule has 28 heavy (non-hydrogen) atoms. The summed E-state index contributed by atoms with van der Waals surface area (Å²) in [6.07, 6.45) is 0. The molecule has 3 aromatic rings. The molecule has 0 unspecified atom stereocenters. The van der Waals surface area contributed by atoms with Gasteiger partial charge >= 0.3 is 0 Å². The molecule has 0 radical (unpaired) electrons. The molecule has 0 aliphatic rings. The molecule has 0 fully saturated rings. The monoisotopic (exact) mass is 369 g/mol. The highest BCUT2D eigenvalue weighted by Crippen LogP contribution is 2.24. The van der Waals surface area contributed by atoms with E-state index in [2.05, 4.69) is 50.6 Å². The van der Waals surface area contributed by atoms with Crippen LogP contribution in [0.25, 0.3) is 11.1 Å². The van der Waals surface area contributed by atoms with E-state index in [1.807, 2.05) is 54.6 Å². The predicted octanol–water partition coefficient (Wildman–Crippen LogP) is 5.90. The van der Waals surface area contributed by atoms with Crippen LogP contribution in [0.2, 0.25) is 0 Å². The van der Waals surface area contributed by atoms with E-state index in [1.165, 1.54) is 22.3 Å². The number of nitrogens with zero attached hydrogens (tertiary/aromatic N) is 1. The maximum absolute atomic E-state index is 12.6. The lowest BCUT2D eigenvalue weighted by Gasteiger charge is -2.18. The zero-order valence-corrected chi connectivity index (χ0v) is 16.9. The predicted molar refractivity (Wildman–Crippen MR) is 118 cm³/mol. The molecule has 0 aliphatic carbocycles. The molecule has 0 spiro atoms. The van der Waals surface area contributed by atoms with Crippen LogP contribution in [0.15, 0.2) is 84.9 Å². The van der Waals surface area contributed by atoms with Gasteiger partial charge in [0.2, 0.25) is 0 Å². The number of benzene rings is 3. The van der Waals surface area contributed by atoms with Crippen molar-refractivity contribution >= 4 is 5.78 Å². The Morgan fingerprint density at radius 3 is 2.11 bits per heavy atom. The topological polar surface area (TPSA) is 20.3 Å². The normalized spacial score (nSPS) is 10.9. The van der Waals surface area contributed by atoms with Crippen LogP contribution in [0.4, 0.5) is 0 Å².